The summed E-state index contributed by atoms with van der Waals surface area (Å²) in [4.78, 5) is 9.84. The molecule has 3 heterocycles. The van der Waals surface area contributed by atoms with E-state index in [1.807, 2.05) is 36.4 Å². The number of hydrogen-bond acceptors (Lipinski definition) is 7. The van der Waals surface area contributed by atoms with Gasteiger partial charge in [-0.25, -0.2) is 9.97 Å². The van der Waals surface area contributed by atoms with Crippen LogP contribution >= 0.6 is 22.7 Å². The van der Waals surface area contributed by atoms with Crippen LogP contribution < -0.4 is 10.6 Å². The minimum atomic E-state index is 0.199. The van der Waals surface area contributed by atoms with Crippen LogP contribution in [-0.4, -0.2) is 39.7 Å². The number of hydrogen-bond donors (Lipinski definition) is 2. The van der Waals surface area contributed by atoms with E-state index in [2.05, 4.69) is 59.5 Å². The number of anilines is 4. The highest BCUT2D eigenvalue weighted by Gasteiger charge is 2.39. The molecule has 1 aliphatic heterocycles. The van der Waals surface area contributed by atoms with Crippen LogP contribution in [0.4, 0.5) is 21.6 Å². The van der Waals surface area contributed by atoms with E-state index in [0.29, 0.717) is 0 Å². The van der Waals surface area contributed by atoms with Crippen molar-refractivity contribution in [3.05, 3.63) is 82.8 Å². The number of nitrogens with one attached hydrogen (secondary N) is 2. The fourth-order valence-corrected chi connectivity index (χ4v) is 6.26. The molecule has 2 atom stereocenters. The smallest absolute Gasteiger partial charge is 0.187 e. The first-order valence-corrected chi connectivity index (χ1v) is 13.3. The van der Waals surface area contributed by atoms with Gasteiger partial charge in [0, 0.05) is 22.1 Å². The summed E-state index contributed by atoms with van der Waals surface area (Å²) < 4.78 is 7.00. The highest BCUT2D eigenvalue weighted by molar-refractivity contribution is 7.14. The van der Waals surface area contributed by atoms with E-state index in [1.54, 1.807) is 22.7 Å². The summed E-state index contributed by atoms with van der Waals surface area (Å²) in [5.74, 6) is 0. The molecule has 0 aliphatic carbocycles. The lowest BCUT2D eigenvalue weighted by Gasteiger charge is -2.45. The largest absolute Gasteiger partial charge is 0.364 e. The van der Waals surface area contributed by atoms with Crippen LogP contribution in [0, 0.1) is 0 Å². The standard InChI is InChI=1S/C26H30N5OS2/c1-19-13-31(14-20(2)32-19,15-23-17-33-25(29-23)27-21-9-5-3-6-10-21)16-24-18-34-26(30-24)28-22-11-7-4-8-12-22/h3-12,17-20H,13-16H2,1-2H3,(H,27,29)(H,28,30)/q+1/t19-,20-/m0/s1. The molecule has 2 aromatic carbocycles. The first kappa shape index (κ1) is 23.0. The Labute approximate surface area is 208 Å². The van der Waals surface area contributed by atoms with Gasteiger partial charge in [-0.2, -0.15) is 0 Å². The van der Waals surface area contributed by atoms with Crippen molar-refractivity contribution in [2.24, 2.45) is 0 Å². The van der Waals surface area contributed by atoms with Gasteiger partial charge in [0.05, 0.1) is 0 Å². The van der Waals surface area contributed by atoms with E-state index in [1.165, 1.54) is 0 Å². The van der Waals surface area contributed by atoms with Gasteiger partial charge in [-0.3, -0.25) is 0 Å². The molecule has 2 N–H and O–H groups in total. The van der Waals surface area contributed by atoms with Crippen molar-refractivity contribution >= 4 is 44.3 Å². The molecule has 0 radical (unpaired) electrons. The number of aromatic nitrogens is 2. The highest BCUT2D eigenvalue weighted by Crippen LogP contribution is 2.30. The number of morpholine rings is 1. The van der Waals surface area contributed by atoms with Crippen molar-refractivity contribution in [1.82, 2.24) is 9.97 Å². The van der Waals surface area contributed by atoms with Crippen LogP contribution in [0.25, 0.3) is 0 Å². The van der Waals surface area contributed by atoms with Gasteiger partial charge in [-0.15, -0.1) is 22.7 Å². The summed E-state index contributed by atoms with van der Waals surface area (Å²) in [6.45, 7) is 7.98. The van der Waals surface area contributed by atoms with Gasteiger partial charge in [-0.1, -0.05) is 36.4 Å². The molecule has 0 spiro atoms. The zero-order valence-electron chi connectivity index (χ0n) is 19.5. The third kappa shape index (κ3) is 5.82. The molecule has 6 nitrogen and oxygen atoms in total. The first-order chi connectivity index (χ1) is 16.6. The molecule has 1 fully saturated rings. The number of ether oxygens (including phenoxy) is 1. The Kier molecular flexibility index (Phi) is 6.92. The Morgan fingerprint density at radius 3 is 1.65 bits per heavy atom. The monoisotopic (exact) mass is 492 g/mol. The van der Waals surface area contributed by atoms with Crippen LogP contribution in [0.3, 0.4) is 0 Å². The molecule has 1 saturated heterocycles. The lowest BCUT2D eigenvalue weighted by Crippen LogP contribution is -2.58. The Balaban J connectivity index is 1.33. The number of thiazole rings is 2. The number of para-hydroxylation sites is 2. The predicted octanol–water partition coefficient (Wildman–Crippen LogP) is 6.41. The number of nitrogens with zero attached hydrogens (tertiary/aromatic N) is 3. The molecule has 0 amide bonds. The Bertz CT molecular complexity index is 1100. The van der Waals surface area contributed by atoms with Crippen molar-refractivity contribution in [3.63, 3.8) is 0 Å². The van der Waals surface area contributed by atoms with Crippen LogP contribution in [0.5, 0.6) is 0 Å². The quantitative estimate of drug-likeness (QED) is 0.278. The van der Waals surface area contributed by atoms with Gasteiger partial charge in [-0.05, 0) is 38.1 Å². The lowest BCUT2D eigenvalue weighted by molar-refractivity contribution is -0.966. The van der Waals surface area contributed by atoms with Crippen LogP contribution in [-0.2, 0) is 17.8 Å². The molecule has 8 heteroatoms. The summed E-state index contributed by atoms with van der Waals surface area (Å²) >= 11 is 3.32. The van der Waals surface area contributed by atoms with Crippen molar-refractivity contribution in [2.75, 3.05) is 23.7 Å². The number of rotatable bonds is 8. The summed E-state index contributed by atoms with van der Waals surface area (Å²) in [7, 11) is 0. The molecular weight excluding hydrogens is 462 g/mol. The summed E-state index contributed by atoms with van der Waals surface area (Å²) in [6.07, 6.45) is 0.398. The molecular formula is C26H30N5OS2+. The molecule has 4 aromatic rings. The van der Waals surface area contributed by atoms with Crippen molar-refractivity contribution in [1.29, 1.82) is 0 Å². The third-order valence-electron chi connectivity index (χ3n) is 5.90. The summed E-state index contributed by atoms with van der Waals surface area (Å²) in [5.41, 5.74) is 4.34. The number of benzene rings is 2. The van der Waals surface area contributed by atoms with Crippen molar-refractivity contribution in [2.45, 2.75) is 39.1 Å². The SMILES string of the molecule is C[C@H]1C[N+](Cc2csc(Nc3ccccc3)n2)(Cc2csc(Nc3ccccc3)n2)C[C@H](C)O1. The van der Waals surface area contributed by atoms with E-state index < -0.39 is 0 Å². The second kappa shape index (κ2) is 10.2. The minimum absolute atomic E-state index is 0.199. The molecule has 0 unspecified atom stereocenters. The second-order valence-electron chi connectivity index (χ2n) is 9.05. The number of quaternary nitrogens is 1. The predicted molar refractivity (Wildman–Crippen MR) is 141 cm³/mol. The Morgan fingerprint density at radius 2 is 1.21 bits per heavy atom. The molecule has 1 aliphatic rings. The topological polar surface area (TPSA) is 59.1 Å². The van der Waals surface area contributed by atoms with Gasteiger partial charge >= 0.3 is 0 Å². The fraction of sp³-hybridized carbons (Fsp3) is 0.308. The van der Waals surface area contributed by atoms with E-state index >= 15 is 0 Å². The highest BCUT2D eigenvalue weighted by atomic mass is 32.1. The maximum Gasteiger partial charge on any atom is 0.187 e. The van der Waals surface area contributed by atoms with E-state index in [9.17, 15) is 0 Å². The third-order valence-corrected chi connectivity index (χ3v) is 7.51. The van der Waals surface area contributed by atoms with E-state index in [4.69, 9.17) is 14.7 Å². The summed E-state index contributed by atoms with van der Waals surface area (Å²) in [5, 5.41) is 13.1. The van der Waals surface area contributed by atoms with Crippen molar-refractivity contribution in [3.8, 4) is 0 Å². The van der Waals surface area contributed by atoms with Gasteiger partial charge in [0.2, 0.25) is 0 Å². The molecule has 34 heavy (non-hydrogen) atoms. The van der Waals surface area contributed by atoms with Gasteiger partial charge in [0.15, 0.2) is 10.3 Å². The van der Waals surface area contributed by atoms with Gasteiger partial charge in [0.1, 0.15) is 49.8 Å². The average Bonchev–Trinajstić information content (AvgIpc) is 3.43. The first-order valence-electron chi connectivity index (χ1n) is 11.6. The van der Waals surface area contributed by atoms with Crippen LogP contribution in [0.1, 0.15) is 25.2 Å². The minimum Gasteiger partial charge on any atom is -0.364 e. The second-order valence-corrected chi connectivity index (χ2v) is 10.8. The molecule has 0 bridgehead atoms. The van der Waals surface area contributed by atoms with E-state index in [0.717, 1.165) is 63.7 Å². The van der Waals surface area contributed by atoms with Crippen LogP contribution in [0.2, 0.25) is 0 Å². The van der Waals surface area contributed by atoms with E-state index in [-0.39, 0.29) is 12.2 Å². The maximum atomic E-state index is 6.11. The molecule has 0 saturated carbocycles. The Morgan fingerprint density at radius 1 is 0.765 bits per heavy atom. The normalized spacial score (nSPS) is 19.6. The van der Waals surface area contributed by atoms with Gasteiger partial charge < -0.3 is 19.9 Å². The average molecular weight is 493 g/mol. The molecule has 2 aromatic heterocycles. The zero-order valence-corrected chi connectivity index (χ0v) is 21.1. The summed E-state index contributed by atoms with van der Waals surface area (Å²) in [6, 6.07) is 20.4. The van der Waals surface area contributed by atoms with Gasteiger partial charge in [0.25, 0.3) is 0 Å². The van der Waals surface area contributed by atoms with Crippen LogP contribution in [0.15, 0.2) is 71.4 Å². The molecule has 5 rings (SSSR count). The maximum absolute atomic E-state index is 6.11. The zero-order chi connectivity index (χ0) is 23.4. The fourth-order valence-electron chi connectivity index (χ4n) is 4.81. The lowest BCUT2D eigenvalue weighted by atomic mass is 10.1. The Hall–Kier alpha value is -2.78. The van der Waals surface area contributed by atoms with Crippen molar-refractivity contribution < 1.29 is 9.22 Å². The molecule has 176 valence electrons.